The largest absolute Gasteiger partial charge is 0.371 e. The van der Waals surface area contributed by atoms with Gasteiger partial charge in [0.25, 0.3) is 0 Å². The molecule has 6 spiro atoms. The minimum atomic E-state index is 0.00716. The number of rotatable bonds is 14. The van der Waals surface area contributed by atoms with Gasteiger partial charge in [-0.15, -0.1) is 0 Å². The highest BCUT2D eigenvalue weighted by Crippen LogP contribution is 2.44. The first-order valence-corrected chi connectivity index (χ1v) is 47.5. The van der Waals surface area contributed by atoms with Gasteiger partial charge in [-0.3, -0.25) is 29.9 Å². The summed E-state index contributed by atoms with van der Waals surface area (Å²) in [5, 5.41) is 10.4. The van der Waals surface area contributed by atoms with Crippen LogP contribution in [0, 0.1) is 0 Å². The van der Waals surface area contributed by atoms with E-state index in [0.29, 0.717) is 35.5 Å². The molecule has 11 saturated heterocycles. The maximum atomic E-state index is 6.19. The highest BCUT2D eigenvalue weighted by Gasteiger charge is 2.49. The Bertz CT molecular complexity index is 3820. The van der Waals surface area contributed by atoms with Crippen LogP contribution in [0.5, 0.6) is 0 Å². The van der Waals surface area contributed by atoms with Crippen molar-refractivity contribution in [2.24, 2.45) is 0 Å². The number of hydrogen-bond donors (Lipinski definition) is 3. The quantitative estimate of drug-likeness (QED) is 0.0929. The third kappa shape index (κ3) is 25.8. The molecule has 17 heterocycles. The van der Waals surface area contributed by atoms with E-state index in [4.69, 9.17) is 33.4 Å². The standard InChI is InChI=1S/3C17H27N3O.3C16H25N3O/c1-13(2)14-5-6-16(15(18-14)11-19(3)4)20-9-10-21-17(12-20)7-8-17;2*1-14(2)16-6-5-15(11-18-16)20-8-4-7-17(13-20)12-19(3)9-10-21-17;3*1-13(2)15-5-4-14(10-18-15)19-8-3-6-16(12-19)11-17-7-9-20-16/h5-6,13H,7-12H2,1-4H3;2*5-6,11,14H,4,7-10,12-13H2,1-3H3;3*4-5,10,13,17H,3,6-9,11-12H2,1-2H3/t;2*17-;2*16-;/m.1010./s1. The summed E-state index contributed by atoms with van der Waals surface area (Å²) in [6, 6.07) is 26.3. The molecular formula is C99H156N18O6. The van der Waals surface area contributed by atoms with Crippen LogP contribution in [0.2, 0.25) is 0 Å². The second-order valence-corrected chi connectivity index (χ2v) is 39.8. The van der Waals surface area contributed by atoms with Crippen molar-refractivity contribution in [3.05, 3.63) is 144 Å². The van der Waals surface area contributed by atoms with Crippen LogP contribution in [-0.4, -0.2) is 290 Å². The normalized spacial score (nSPS) is 26.2. The van der Waals surface area contributed by atoms with Gasteiger partial charge in [-0.25, -0.2) is 0 Å². The second kappa shape index (κ2) is 43.3. The van der Waals surface area contributed by atoms with Crippen LogP contribution in [0.4, 0.5) is 34.1 Å². The molecule has 0 amide bonds. The van der Waals surface area contributed by atoms with Crippen molar-refractivity contribution in [2.45, 2.75) is 236 Å². The Labute approximate surface area is 739 Å². The molecule has 6 aromatic heterocycles. The van der Waals surface area contributed by atoms with E-state index in [1.807, 2.05) is 31.0 Å². The Hall–Kier alpha value is -6.78. The zero-order chi connectivity index (χ0) is 86.8. The lowest BCUT2D eigenvalue weighted by Crippen LogP contribution is -2.59. The third-order valence-electron chi connectivity index (χ3n) is 27.0. The Morgan fingerprint density at radius 2 is 0.585 bits per heavy atom. The number of nitrogens with one attached hydrogen (secondary N) is 3. The smallest absolute Gasteiger partial charge is 0.0983 e. The van der Waals surface area contributed by atoms with E-state index in [9.17, 15) is 0 Å². The Kier molecular flexibility index (Phi) is 33.1. The van der Waals surface area contributed by atoms with E-state index in [1.54, 1.807) is 0 Å². The van der Waals surface area contributed by atoms with Crippen LogP contribution in [0.3, 0.4) is 0 Å². The average Bonchev–Trinajstić information content (AvgIpc) is 1.24. The molecule has 24 nitrogen and oxygen atoms in total. The minimum Gasteiger partial charge on any atom is -0.371 e. The third-order valence-corrected chi connectivity index (χ3v) is 27.0. The molecule has 24 heteroatoms. The predicted molar refractivity (Wildman–Crippen MR) is 502 cm³/mol. The summed E-state index contributed by atoms with van der Waals surface area (Å²) in [6.07, 6.45) is 24.3. The van der Waals surface area contributed by atoms with Crippen LogP contribution in [0.1, 0.15) is 235 Å². The molecule has 6 aromatic rings. The number of pyridine rings is 6. The van der Waals surface area contributed by atoms with Crippen LogP contribution < -0.4 is 45.3 Å². The van der Waals surface area contributed by atoms with Crippen LogP contribution >= 0.6 is 0 Å². The van der Waals surface area contributed by atoms with Crippen molar-refractivity contribution in [3.63, 3.8) is 0 Å². The van der Waals surface area contributed by atoms with Crippen molar-refractivity contribution in [2.75, 3.05) is 241 Å². The fourth-order valence-electron chi connectivity index (χ4n) is 19.7. The van der Waals surface area contributed by atoms with Crippen LogP contribution in [-0.2, 0) is 35.0 Å². The van der Waals surface area contributed by atoms with Gasteiger partial charge in [0.15, 0.2) is 0 Å². The second-order valence-electron chi connectivity index (χ2n) is 39.8. The van der Waals surface area contributed by atoms with Crippen molar-refractivity contribution < 1.29 is 28.4 Å². The molecule has 0 aromatic carbocycles. The van der Waals surface area contributed by atoms with E-state index in [-0.39, 0.29) is 33.6 Å². The first-order chi connectivity index (χ1) is 59.2. The van der Waals surface area contributed by atoms with Gasteiger partial charge in [0.05, 0.1) is 144 Å². The van der Waals surface area contributed by atoms with Gasteiger partial charge in [-0.05, 0) is 214 Å². The molecule has 123 heavy (non-hydrogen) atoms. The molecule has 5 atom stereocenters. The van der Waals surface area contributed by atoms with Crippen molar-refractivity contribution in [3.8, 4) is 0 Å². The first kappa shape index (κ1) is 93.8. The lowest BCUT2D eigenvalue weighted by atomic mass is 9.90. The number of anilines is 6. The maximum absolute atomic E-state index is 6.19. The number of hydrogen-bond acceptors (Lipinski definition) is 24. The van der Waals surface area contributed by atoms with Crippen molar-refractivity contribution in [1.82, 2.24) is 60.6 Å². The Balaban J connectivity index is 0.000000127. The van der Waals surface area contributed by atoms with Crippen molar-refractivity contribution in [1.29, 1.82) is 0 Å². The fraction of sp³-hybridized carbons (Fsp3) is 0.697. The lowest BCUT2D eigenvalue weighted by molar-refractivity contribution is -0.108. The van der Waals surface area contributed by atoms with E-state index in [2.05, 4.69) is 269 Å². The van der Waals surface area contributed by atoms with E-state index in [1.165, 1.54) is 115 Å². The molecule has 18 rings (SSSR count). The number of aromatic nitrogens is 6. The monoisotopic (exact) mass is 1690 g/mol. The molecule has 12 fully saturated rings. The summed E-state index contributed by atoms with van der Waals surface area (Å²) in [7, 11) is 8.61. The summed E-state index contributed by atoms with van der Waals surface area (Å²) >= 11 is 0. The topological polar surface area (TPSA) is 198 Å². The molecule has 1 unspecified atom stereocenters. The van der Waals surface area contributed by atoms with Gasteiger partial charge in [0.2, 0.25) is 0 Å². The van der Waals surface area contributed by atoms with Gasteiger partial charge in [-0.2, -0.15) is 0 Å². The average molecular weight is 1690 g/mol. The molecule has 0 radical (unpaired) electrons. The molecule has 1 saturated carbocycles. The molecule has 3 N–H and O–H groups in total. The van der Waals surface area contributed by atoms with Gasteiger partial charge < -0.3 is 88.5 Å². The zero-order valence-corrected chi connectivity index (χ0v) is 78.4. The highest BCUT2D eigenvalue weighted by atomic mass is 16.5. The lowest BCUT2D eigenvalue weighted by Gasteiger charge is -2.48. The minimum absolute atomic E-state index is 0.00716. The predicted octanol–water partition coefficient (Wildman–Crippen LogP) is 14.1. The molecule has 0 bridgehead atoms. The summed E-state index contributed by atoms with van der Waals surface area (Å²) in [4.78, 5) is 49.5. The SMILES string of the molecule is CC(C)c1ccc(N2CCCC3(CNCCO3)C2)cn1.CC(C)c1ccc(N2CCC[C@@]3(CN(C)CCO3)C2)cn1.CC(C)c1ccc(N2CCC[C@@]3(CNCCO3)C2)cn1.CC(C)c1ccc(N2CCC[C@]3(CN(C)CCO3)C2)cn1.CC(C)c1ccc(N2CCC[C@]3(CNCCO3)C2)cn1.CC(C)c1ccc(N2CCOC3(CC3)C2)c(CN(C)C)n1. The maximum Gasteiger partial charge on any atom is 0.0983 e. The first-order valence-electron chi connectivity index (χ1n) is 47.5. The summed E-state index contributed by atoms with van der Waals surface area (Å²) in [5.41, 5.74) is 15.8. The fourth-order valence-corrected chi connectivity index (χ4v) is 19.7. The summed E-state index contributed by atoms with van der Waals surface area (Å²) in [6.45, 7) is 54.6. The highest BCUT2D eigenvalue weighted by molar-refractivity contribution is 5.54. The number of morpholine rings is 6. The molecular weight excluding hydrogens is 1540 g/mol. The zero-order valence-electron chi connectivity index (χ0n) is 78.4. The number of piperidine rings is 5. The molecule has 1 aliphatic carbocycles. The van der Waals surface area contributed by atoms with E-state index in [0.717, 1.165) is 227 Å². The van der Waals surface area contributed by atoms with E-state index >= 15 is 0 Å². The summed E-state index contributed by atoms with van der Waals surface area (Å²) in [5.74, 6) is 2.91. The molecule has 12 aliphatic rings. The Morgan fingerprint density at radius 3 is 0.854 bits per heavy atom. The molecule has 11 aliphatic heterocycles. The van der Waals surface area contributed by atoms with Crippen LogP contribution in [0.25, 0.3) is 0 Å². The van der Waals surface area contributed by atoms with Gasteiger partial charge in [0.1, 0.15) is 0 Å². The van der Waals surface area contributed by atoms with Gasteiger partial charge in [0, 0.05) is 185 Å². The molecule has 678 valence electrons. The van der Waals surface area contributed by atoms with Gasteiger partial charge in [-0.1, -0.05) is 83.1 Å². The van der Waals surface area contributed by atoms with Gasteiger partial charge >= 0.3 is 0 Å². The summed E-state index contributed by atoms with van der Waals surface area (Å²) < 4.78 is 36.6. The number of likely N-dealkylation sites (N-methyl/N-ethyl adjacent to an activating group) is 2. The number of ether oxygens (including phenoxy) is 6. The van der Waals surface area contributed by atoms with Crippen LogP contribution in [0.15, 0.2) is 104 Å². The van der Waals surface area contributed by atoms with Crippen molar-refractivity contribution >= 4 is 34.1 Å². The number of nitrogens with zero attached hydrogens (tertiary/aromatic N) is 15. The Morgan fingerprint density at radius 1 is 0.309 bits per heavy atom. The van der Waals surface area contributed by atoms with E-state index < -0.39 is 0 Å².